The second kappa shape index (κ2) is 4.37. The molecule has 5 nitrogen and oxygen atoms in total. The van der Waals surface area contributed by atoms with Crippen molar-refractivity contribution in [2.45, 2.75) is 0 Å². The second-order valence-corrected chi connectivity index (χ2v) is 4.84. The number of carbonyl (C=O) groups excluding carboxylic acids is 1. The molecule has 1 aliphatic rings. The summed E-state index contributed by atoms with van der Waals surface area (Å²) < 4.78 is 0.737. The lowest BCUT2D eigenvalue weighted by atomic mass is 9.99. The number of nitrogens with zero attached hydrogens (tertiary/aromatic N) is 1. The molecule has 1 aromatic rings. The average Bonchev–Trinajstić information content (AvgIpc) is 2.19. The molecule has 1 aliphatic heterocycles. The van der Waals surface area contributed by atoms with E-state index in [-0.39, 0.29) is 19.0 Å². The van der Waals surface area contributed by atoms with Crippen molar-refractivity contribution in [1.29, 1.82) is 0 Å². The van der Waals surface area contributed by atoms with Crippen LogP contribution >= 0.6 is 15.9 Å². The maximum atomic E-state index is 11.9. The molecule has 0 spiro atoms. The fourth-order valence-corrected chi connectivity index (χ4v) is 1.91. The van der Waals surface area contributed by atoms with Crippen molar-refractivity contribution >= 4 is 33.5 Å². The second-order valence-electron chi connectivity index (χ2n) is 3.98. The number of benzene rings is 1. The summed E-state index contributed by atoms with van der Waals surface area (Å²) in [7, 11) is 0. The normalized spacial score (nSPS) is 15.5. The van der Waals surface area contributed by atoms with Gasteiger partial charge in [-0.25, -0.2) is 0 Å². The number of hydrogen-bond donors (Lipinski definition) is 2. The molecule has 3 N–H and O–H groups in total. The maximum absolute atomic E-state index is 11.9. The van der Waals surface area contributed by atoms with Gasteiger partial charge < -0.3 is 15.7 Å². The lowest BCUT2D eigenvalue weighted by Crippen LogP contribution is -2.53. The van der Waals surface area contributed by atoms with Crippen LogP contribution in [0.3, 0.4) is 0 Å². The van der Waals surface area contributed by atoms with Crippen LogP contribution in [0.4, 0.5) is 5.69 Å². The lowest BCUT2D eigenvalue weighted by Gasteiger charge is -2.36. The number of carboxylic acids is 1. The number of carbonyl (C=O) groups is 2. The molecular weight excluding hydrogens is 288 g/mol. The van der Waals surface area contributed by atoms with Crippen LogP contribution < -0.4 is 5.73 Å². The van der Waals surface area contributed by atoms with Gasteiger partial charge in [-0.3, -0.25) is 9.59 Å². The summed E-state index contributed by atoms with van der Waals surface area (Å²) in [5.74, 6) is -1.47. The molecule has 1 amide bonds. The Morgan fingerprint density at radius 1 is 1.41 bits per heavy atom. The third-order valence-corrected chi connectivity index (χ3v) is 3.48. The first-order chi connectivity index (χ1) is 7.99. The molecule has 0 bridgehead atoms. The summed E-state index contributed by atoms with van der Waals surface area (Å²) in [5.41, 5.74) is 6.65. The van der Waals surface area contributed by atoms with Crippen molar-refractivity contribution in [3.05, 3.63) is 28.2 Å². The van der Waals surface area contributed by atoms with Gasteiger partial charge in [-0.05, 0) is 34.1 Å². The number of likely N-dealkylation sites (tertiary alicyclic amines) is 1. The van der Waals surface area contributed by atoms with Crippen molar-refractivity contribution in [3.63, 3.8) is 0 Å². The molecule has 1 aromatic carbocycles. The third-order valence-electron chi connectivity index (χ3n) is 2.76. The Balaban J connectivity index is 2.06. The summed E-state index contributed by atoms with van der Waals surface area (Å²) in [4.78, 5) is 24.0. The van der Waals surface area contributed by atoms with E-state index >= 15 is 0 Å². The van der Waals surface area contributed by atoms with Gasteiger partial charge in [0.05, 0.1) is 5.92 Å². The maximum Gasteiger partial charge on any atom is 0.310 e. The van der Waals surface area contributed by atoms with E-state index in [1.165, 1.54) is 4.90 Å². The van der Waals surface area contributed by atoms with E-state index < -0.39 is 11.9 Å². The largest absolute Gasteiger partial charge is 0.481 e. The Hall–Kier alpha value is -1.56. The number of nitrogens with two attached hydrogens (primary N) is 1. The number of aliphatic carboxylic acids is 1. The van der Waals surface area contributed by atoms with E-state index in [0.717, 1.165) is 4.47 Å². The summed E-state index contributed by atoms with van der Waals surface area (Å²) in [6.07, 6.45) is 0. The van der Waals surface area contributed by atoms with Crippen molar-refractivity contribution in [1.82, 2.24) is 4.90 Å². The minimum Gasteiger partial charge on any atom is -0.481 e. The van der Waals surface area contributed by atoms with Crippen LogP contribution in [0.15, 0.2) is 22.7 Å². The molecule has 17 heavy (non-hydrogen) atoms. The molecule has 0 aliphatic carbocycles. The summed E-state index contributed by atoms with van der Waals surface area (Å²) in [6, 6.07) is 4.95. The SMILES string of the molecule is Nc1cc(C(=O)N2CC(C(=O)O)C2)ccc1Br. The molecule has 1 heterocycles. The number of nitrogen functional groups attached to an aromatic ring is 1. The zero-order chi connectivity index (χ0) is 12.6. The van der Waals surface area contributed by atoms with E-state index in [9.17, 15) is 9.59 Å². The van der Waals surface area contributed by atoms with Crippen LogP contribution in [0, 0.1) is 5.92 Å². The summed E-state index contributed by atoms with van der Waals surface area (Å²) in [6.45, 7) is 0.536. The van der Waals surface area contributed by atoms with Gasteiger partial charge in [0.15, 0.2) is 0 Å². The number of carboxylic acid groups (broad SMARTS) is 1. The molecule has 2 rings (SSSR count). The highest BCUT2D eigenvalue weighted by Gasteiger charge is 2.35. The fourth-order valence-electron chi connectivity index (χ4n) is 1.66. The number of hydrogen-bond acceptors (Lipinski definition) is 3. The molecule has 1 saturated heterocycles. The fraction of sp³-hybridized carbons (Fsp3) is 0.273. The highest BCUT2D eigenvalue weighted by molar-refractivity contribution is 9.10. The molecule has 0 atom stereocenters. The minimum absolute atomic E-state index is 0.179. The predicted molar refractivity (Wildman–Crippen MR) is 65.6 cm³/mol. The van der Waals surface area contributed by atoms with Crippen molar-refractivity contribution in [3.8, 4) is 0 Å². The molecule has 0 unspecified atom stereocenters. The van der Waals surface area contributed by atoms with Crippen molar-refractivity contribution in [2.24, 2.45) is 5.92 Å². The van der Waals surface area contributed by atoms with Gasteiger partial charge in [0.25, 0.3) is 5.91 Å². The van der Waals surface area contributed by atoms with E-state index in [2.05, 4.69) is 15.9 Å². The van der Waals surface area contributed by atoms with Crippen LogP contribution in [0.1, 0.15) is 10.4 Å². The molecule has 0 saturated carbocycles. The van der Waals surface area contributed by atoms with Gasteiger partial charge in [-0.1, -0.05) is 0 Å². The van der Waals surface area contributed by atoms with Crippen molar-refractivity contribution < 1.29 is 14.7 Å². The quantitative estimate of drug-likeness (QED) is 0.803. The molecular formula is C11H11BrN2O3. The van der Waals surface area contributed by atoms with Crippen LogP contribution in [0.2, 0.25) is 0 Å². The van der Waals surface area contributed by atoms with Gasteiger partial charge in [-0.15, -0.1) is 0 Å². The third kappa shape index (κ3) is 2.26. The van der Waals surface area contributed by atoms with Gasteiger partial charge in [0.1, 0.15) is 0 Å². The Bertz CT molecular complexity index is 484. The van der Waals surface area contributed by atoms with Crippen LogP contribution in [0.5, 0.6) is 0 Å². The molecule has 0 aromatic heterocycles. The number of halogens is 1. The molecule has 1 fully saturated rings. The smallest absolute Gasteiger partial charge is 0.310 e. The van der Waals surface area contributed by atoms with Crippen molar-refractivity contribution in [2.75, 3.05) is 18.8 Å². The Kier molecular flexibility index (Phi) is 3.06. The first-order valence-electron chi connectivity index (χ1n) is 5.06. The van der Waals surface area contributed by atoms with E-state index in [0.29, 0.717) is 11.3 Å². The highest BCUT2D eigenvalue weighted by Crippen LogP contribution is 2.23. The molecule has 6 heteroatoms. The highest BCUT2D eigenvalue weighted by atomic mass is 79.9. The topological polar surface area (TPSA) is 83.6 Å². The van der Waals surface area contributed by atoms with Gasteiger partial charge in [0.2, 0.25) is 0 Å². The number of rotatable bonds is 2. The van der Waals surface area contributed by atoms with E-state index in [1.807, 2.05) is 0 Å². The zero-order valence-corrected chi connectivity index (χ0v) is 10.5. The van der Waals surface area contributed by atoms with Crippen LogP contribution in [-0.4, -0.2) is 35.0 Å². The number of amides is 1. The zero-order valence-electron chi connectivity index (χ0n) is 8.89. The Labute approximate surface area is 106 Å². The Morgan fingerprint density at radius 3 is 2.59 bits per heavy atom. The van der Waals surface area contributed by atoms with E-state index in [4.69, 9.17) is 10.8 Å². The van der Waals surface area contributed by atoms with Crippen LogP contribution in [-0.2, 0) is 4.79 Å². The van der Waals surface area contributed by atoms with Gasteiger partial charge >= 0.3 is 5.97 Å². The standard InChI is InChI=1S/C11H11BrN2O3/c12-8-2-1-6(3-9(8)13)10(15)14-4-7(5-14)11(16)17/h1-3,7H,4-5,13H2,(H,16,17). The average molecular weight is 299 g/mol. The van der Waals surface area contributed by atoms with E-state index in [1.54, 1.807) is 18.2 Å². The first-order valence-corrected chi connectivity index (χ1v) is 5.85. The minimum atomic E-state index is -0.857. The molecule has 90 valence electrons. The van der Waals surface area contributed by atoms with Gasteiger partial charge in [-0.2, -0.15) is 0 Å². The summed E-state index contributed by atoms with van der Waals surface area (Å²) >= 11 is 3.25. The lowest BCUT2D eigenvalue weighted by molar-refractivity contribution is -0.146. The van der Waals surface area contributed by atoms with Gasteiger partial charge in [0, 0.05) is 28.8 Å². The summed E-state index contributed by atoms with van der Waals surface area (Å²) in [5, 5.41) is 8.72. The first kappa shape index (κ1) is 11.9. The van der Waals surface area contributed by atoms with Crippen LogP contribution in [0.25, 0.3) is 0 Å². The number of anilines is 1. The molecule has 0 radical (unpaired) electrons. The monoisotopic (exact) mass is 298 g/mol. The Morgan fingerprint density at radius 2 is 2.06 bits per heavy atom. The predicted octanol–water partition coefficient (Wildman–Crippen LogP) is 1.19.